The van der Waals surface area contributed by atoms with Crippen molar-refractivity contribution in [3.05, 3.63) is 29.8 Å². The number of methoxy groups -OCH3 is 1. The monoisotopic (exact) mass is 289 g/mol. The van der Waals surface area contributed by atoms with Crippen molar-refractivity contribution in [2.75, 3.05) is 20.7 Å². The zero-order valence-electron chi connectivity index (χ0n) is 13.5. The minimum absolute atomic E-state index is 0.311. The number of ether oxygens (including phenoxy) is 1. The molecule has 116 valence electrons. The van der Waals surface area contributed by atoms with Crippen LogP contribution in [0.25, 0.3) is 0 Å². The van der Waals surface area contributed by atoms with Crippen molar-refractivity contribution in [1.82, 2.24) is 4.90 Å². The molecule has 3 heteroatoms. The summed E-state index contributed by atoms with van der Waals surface area (Å²) >= 11 is 0. The molecule has 1 atom stereocenters. The molecule has 1 aliphatic rings. The summed E-state index contributed by atoms with van der Waals surface area (Å²) in [4.78, 5) is 14.4. The van der Waals surface area contributed by atoms with Crippen LogP contribution in [0.5, 0.6) is 5.75 Å². The Morgan fingerprint density at radius 2 is 2.00 bits per heavy atom. The Kier molecular flexibility index (Phi) is 5.80. The standard InChI is InChI=1S/C18H27NO2/c1-14(12-16-10-6-7-11-18(16)21-3)19(2)13-17(20)15-8-4-5-9-15/h6-7,10-11,14-15H,4-5,8-9,12-13H2,1-3H3. The minimum atomic E-state index is 0.311. The molecule has 1 aromatic carbocycles. The summed E-state index contributed by atoms with van der Waals surface area (Å²) < 4.78 is 5.40. The fourth-order valence-corrected chi connectivity index (χ4v) is 3.12. The van der Waals surface area contributed by atoms with Gasteiger partial charge in [0.15, 0.2) is 0 Å². The summed E-state index contributed by atoms with van der Waals surface area (Å²) in [5.74, 6) is 1.66. The number of hydrogen-bond acceptors (Lipinski definition) is 3. The molecule has 2 rings (SSSR count). The maximum absolute atomic E-state index is 12.3. The van der Waals surface area contributed by atoms with E-state index in [1.165, 1.54) is 18.4 Å². The molecule has 1 aliphatic carbocycles. The Bertz CT molecular complexity index is 466. The normalized spacial score (nSPS) is 17.1. The van der Waals surface area contributed by atoms with Gasteiger partial charge in [-0.15, -0.1) is 0 Å². The van der Waals surface area contributed by atoms with Crippen LogP contribution in [0.2, 0.25) is 0 Å². The molecule has 1 unspecified atom stereocenters. The van der Waals surface area contributed by atoms with E-state index in [4.69, 9.17) is 4.74 Å². The maximum atomic E-state index is 12.3. The third-order valence-corrected chi connectivity index (χ3v) is 4.68. The summed E-state index contributed by atoms with van der Waals surface area (Å²) in [6.45, 7) is 2.75. The van der Waals surface area contributed by atoms with Crippen LogP contribution in [0.3, 0.4) is 0 Å². The molecular formula is C18H27NO2. The van der Waals surface area contributed by atoms with Crippen LogP contribution in [0.4, 0.5) is 0 Å². The first-order valence-electron chi connectivity index (χ1n) is 7.96. The molecule has 1 saturated carbocycles. The van der Waals surface area contributed by atoms with E-state index in [0.717, 1.165) is 25.0 Å². The second kappa shape index (κ2) is 7.60. The lowest BCUT2D eigenvalue weighted by Gasteiger charge is -2.25. The molecule has 0 aliphatic heterocycles. The van der Waals surface area contributed by atoms with Crippen molar-refractivity contribution in [2.45, 2.75) is 45.1 Å². The highest BCUT2D eigenvalue weighted by Gasteiger charge is 2.24. The van der Waals surface area contributed by atoms with Crippen LogP contribution in [-0.4, -0.2) is 37.4 Å². The van der Waals surface area contributed by atoms with E-state index in [1.54, 1.807) is 7.11 Å². The number of hydrogen-bond donors (Lipinski definition) is 0. The Balaban J connectivity index is 1.89. The number of nitrogens with zero attached hydrogens (tertiary/aromatic N) is 1. The highest BCUT2D eigenvalue weighted by molar-refractivity contribution is 5.83. The topological polar surface area (TPSA) is 29.5 Å². The zero-order valence-corrected chi connectivity index (χ0v) is 13.5. The lowest BCUT2D eigenvalue weighted by atomic mass is 10.0. The van der Waals surface area contributed by atoms with E-state index in [1.807, 2.05) is 25.2 Å². The van der Waals surface area contributed by atoms with Gasteiger partial charge in [0, 0.05) is 12.0 Å². The highest BCUT2D eigenvalue weighted by Crippen LogP contribution is 2.26. The molecule has 3 nitrogen and oxygen atoms in total. The van der Waals surface area contributed by atoms with Gasteiger partial charge in [0.2, 0.25) is 0 Å². The van der Waals surface area contributed by atoms with E-state index in [0.29, 0.717) is 24.3 Å². The van der Waals surface area contributed by atoms with Gasteiger partial charge in [-0.25, -0.2) is 0 Å². The number of carbonyl (C=O) groups excluding carboxylic acids is 1. The van der Waals surface area contributed by atoms with E-state index in [9.17, 15) is 4.79 Å². The lowest BCUT2D eigenvalue weighted by molar-refractivity contribution is -0.124. The predicted octanol–water partition coefficient (Wildman–Crippen LogP) is 3.32. The Hall–Kier alpha value is -1.35. The third kappa shape index (κ3) is 4.31. The van der Waals surface area contributed by atoms with Crippen LogP contribution in [0.15, 0.2) is 24.3 Å². The van der Waals surface area contributed by atoms with E-state index < -0.39 is 0 Å². The second-order valence-electron chi connectivity index (χ2n) is 6.23. The Labute approximate surface area is 128 Å². The molecule has 1 fully saturated rings. The SMILES string of the molecule is COc1ccccc1CC(C)N(C)CC(=O)C1CCCC1. The number of benzene rings is 1. The summed E-state index contributed by atoms with van der Waals surface area (Å²) in [5.41, 5.74) is 1.20. The van der Waals surface area contributed by atoms with Crippen molar-refractivity contribution in [1.29, 1.82) is 0 Å². The van der Waals surface area contributed by atoms with E-state index in [-0.39, 0.29) is 0 Å². The maximum Gasteiger partial charge on any atom is 0.149 e. The average Bonchev–Trinajstić information content (AvgIpc) is 3.02. The summed E-state index contributed by atoms with van der Waals surface area (Å²) in [6.07, 6.45) is 5.52. The van der Waals surface area contributed by atoms with E-state index >= 15 is 0 Å². The molecule has 1 aromatic rings. The molecule has 0 saturated heterocycles. The number of likely N-dealkylation sites (N-methyl/N-ethyl adjacent to an activating group) is 1. The van der Waals surface area contributed by atoms with Crippen molar-refractivity contribution in [3.8, 4) is 5.75 Å². The van der Waals surface area contributed by atoms with Gasteiger partial charge in [-0.2, -0.15) is 0 Å². The molecular weight excluding hydrogens is 262 g/mol. The van der Waals surface area contributed by atoms with Gasteiger partial charge in [-0.1, -0.05) is 31.0 Å². The van der Waals surface area contributed by atoms with Gasteiger partial charge in [0.1, 0.15) is 11.5 Å². The van der Waals surface area contributed by atoms with Gasteiger partial charge in [0.25, 0.3) is 0 Å². The number of Topliss-reactive ketones (excluding diaryl/α,β-unsaturated/α-hetero) is 1. The van der Waals surface area contributed by atoms with Crippen molar-refractivity contribution in [2.24, 2.45) is 5.92 Å². The largest absolute Gasteiger partial charge is 0.496 e. The molecule has 0 aromatic heterocycles. The second-order valence-corrected chi connectivity index (χ2v) is 6.23. The minimum Gasteiger partial charge on any atom is -0.496 e. The van der Waals surface area contributed by atoms with Gasteiger partial charge in [-0.05, 0) is 44.9 Å². The molecule has 0 N–H and O–H groups in total. The number of para-hydroxylation sites is 1. The fourth-order valence-electron chi connectivity index (χ4n) is 3.12. The average molecular weight is 289 g/mol. The van der Waals surface area contributed by atoms with Gasteiger partial charge in [-0.3, -0.25) is 9.69 Å². The molecule has 0 heterocycles. The molecule has 0 radical (unpaired) electrons. The van der Waals surface area contributed by atoms with Crippen LogP contribution >= 0.6 is 0 Å². The molecule has 0 amide bonds. The first kappa shape index (κ1) is 16.0. The zero-order chi connectivity index (χ0) is 15.2. The number of ketones is 1. The Morgan fingerprint density at radius 3 is 2.67 bits per heavy atom. The molecule has 21 heavy (non-hydrogen) atoms. The quantitative estimate of drug-likeness (QED) is 0.771. The van der Waals surface area contributed by atoms with Crippen molar-refractivity contribution < 1.29 is 9.53 Å². The van der Waals surface area contributed by atoms with Crippen LogP contribution in [0, 0.1) is 5.92 Å². The van der Waals surface area contributed by atoms with E-state index in [2.05, 4.69) is 17.9 Å². The van der Waals surface area contributed by atoms with Gasteiger partial charge >= 0.3 is 0 Å². The first-order chi connectivity index (χ1) is 10.1. The molecule has 0 spiro atoms. The van der Waals surface area contributed by atoms with Crippen LogP contribution < -0.4 is 4.74 Å². The fraction of sp³-hybridized carbons (Fsp3) is 0.611. The Morgan fingerprint density at radius 1 is 1.33 bits per heavy atom. The van der Waals surface area contributed by atoms with Crippen LogP contribution in [-0.2, 0) is 11.2 Å². The van der Waals surface area contributed by atoms with Gasteiger partial charge in [0.05, 0.1) is 13.7 Å². The summed E-state index contributed by atoms with van der Waals surface area (Å²) in [6, 6.07) is 8.44. The smallest absolute Gasteiger partial charge is 0.149 e. The van der Waals surface area contributed by atoms with Crippen LogP contribution in [0.1, 0.15) is 38.2 Å². The third-order valence-electron chi connectivity index (χ3n) is 4.68. The van der Waals surface area contributed by atoms with Crippen molar-refractivity contribution >= 4 is 5.78 Å². The summed E-state index contributed by atoms with van der Waals surface area (Å²) in [5, 5.41) is 0. The molecule has 0 bridgehead atoms. The highest BCUT2D eigenvalue weighted by atomic mass is 16.5. The van der Waals surface area contributed by atoms with Gasteiger partial charge < -0.3 is 4.74 Å². The lowest BCUT2D eigenvalue weighted by Crippen LogP contribution is -2.37. The number of carbonyl (C=O) groups is 1. The predicted molar refractivity (Wildman–Crippen MR) is 85.8 cm³/mol. The van der Waals surface area contributed by atoms with Crippen molar-refractivity contribution in [3.63, 3.8) is 0 Å². The number of rotatable bonds is 7. The first-order valence-corrected chi connectivity index (χ1v) is 7.96. The summed E-state index contributed by atoms with van der Waals surface area (Å²) in [7, 11) is 3.75.